The van der Waals surface area contributed by atoms with Crippen LogP contribution in [0.4, 0.5) is 5.69 Å². The minimum atomic E-state index is 0.746. The molecule has 0 atom stereocenters. The van der Waals surface area contributed by atoms with Crippen LogP contribution in [0.25, 0.3) is 22.4 Å². The quantitative estimate of drug-likeness (QED) is 0.698. The number of nitrogens with two attached hydrogens (primary N) is 1. The van der Waals surface area contributed by atoms with Crippen molar-refractivity contribution >= 4 is 16.7 Å². The molecule has 0 fully saturated rings. The monoisotopic (exact) mass is 238 g/mol. The van der Waals surface area contributed by atoms with Gasteiger partial charge in [0.1, 0.15) is 11.3 Å². The van der Waals surface area contributed by atoms with Crippen LogP contribution in [0.1, 0.15) is 6.92 Å². The second-order valence-corrected chi connectivity index (χ2v) is 4.13. The summed E-state index contributed by atoms with van der Waals surface area (Å²) in [6.07, 6.45) is 3.57. The van der Waals surface area contributed by atoms with Gasteiger partial charge >= 0.3 is 0 Å². The molecule has 0 aliphatic rings. The molecule has 4 nitrogen and oxygen atoms in total. The number of aromatic nitrogens is 3. The zero-order valence-electron chi connectivity index (χ0n) is 10.2. The molecule has 1 aromatic carbocycles. The van der Waals surface area contributed by atoms with E-state index in [4.69, 9.17) is 5.73 Å². The maximum atomic E-state index is 6.03. The molecule has 4 heteroatoms. The first kappa shape index (κ1) is 10.8. The minimum Gasteiger partial charge on any atom is -0.398 e. The molecule has 0 aliphatic heterocycles. The van der Waals surface area contributed by atoms with Crippen LogP contribution in [0.3, 0.4) is 0 Å². The van der Waals surface area contributed by atoms with Crippen LogP contribution >= 0.6 is 0 Å². The molecule has 0 radical (unpaired) electrons. The van der Waals surface area contributed by atoms with E-state index in [1.54, 1.807) is 12.4 Å². The topological polar surface area (TPSA) is 56.7 Å². The van der Waals surface area contributed by atoms with E-state index in [-0.39, 0.29) is 0 Å². The van der Waals surface area contributed by atoms with E-state index >= 15 is 0 Å². The third-order valence-electron chi connectivity index (χ3n) is 3.07. The van der Waals surface area contributed by atoms with Gasteiger partial charge < -0.3 is 10.3 Å². The molecule has 0 amide bonds. The van der Waals surface area contributed by atoms with E-state index in [0.29, 0.717) is 0 Å². The summed E-state index contributed by atoms with van der Waals surface area (Å²) < 4.78 is 2.16. The molecule has 90 valence electrons. The van der Waals surface area contributed by atoms with Gasteiger partial charge in [-0.1, -0.05) is 12.1 Å². The van der Waals surface area contributed by atoms with Gasteiger partial charge in [0.05, 0.1) is 11.7 Å². The zero-order valence-corrected chi connectivity index (χ0v) is 10.2. The molecule has 18 heavy (non-hydrogen) atoms. The van der Waals surface area contributed by atoms with Crippen molar-refractivity contribution in [1.82, 2.24) is 14.5 Å². The molecular formula is C14H14N4. The van der Waals surface area contributed by atoms with Gasteiger partial charge in [0.25, 0.3) is 0 Å². The number of nitrogens with zero attached hydrogens (tertiary/aromatic N) is 3. The van der Waals surface area contributed by atoms with Crippen LogP contribution in [-0.2, 0) is 6.54 Å². The first-order valence-corrected chi connectivity index (χ1v) is 5.96. The lowest BCUT2D eigenvalue weighted by molar-refractivity contribution is 0.796. The number of fused-ring (bicyclic) bond motifs is 1. The number of benzene rings is 1. The predicted octanol–water partition coefficient (Wildman–Crippen LogP) is 2.70. The number of hydrogen-bond acceptors (Lipinski definition) is 3. The van der Waals surface area contributed by atoms with Crippen LogP contribution in [0.2, 0.25) is 0 Å². The Morgan fingerprint density at radius 3 is 2.83 bits per heavy atom. The molecule has 0 spiro atoms. The number of hydrogen-bond donors (Lipinski definition) is 1. The Balaban J connectivity index is 2.32. The van der Waals surface area contributed by atoms with Crippen LogP contribution in [0, 0.1) is 0 Å². The van der Waals surface area contributed by atoms with Crippen molar-refractivity contribution in [2.75, 3.05) is 5.73 Å². The average molecular weight is 238 g/mol. The van der Waals surface area contributed by atoms with Gasteiger partial charge in [-0.05, 0) is 25.1 Å². The fourth-order valence-electron chi connectivity index (χ4n) is 2.21. The SMILES string of the molecule is CCn1c(-c2ccccc2N)nc2cnccc21. The highest BCUT2D eigenvalue weighted by molar-refractivity contribution is 5.82. The molecule has 3 aromatic rings. The summed E-state index contributed by atoms with van der Waals surface area (Å²) in [6, 6.07) is 9.78. The summed E-state index contributed by atoms with van der Waals surface area (Å²) in [5, 5.41) is 0. The summed E-state index contributed by atoms with van der Waals surface area (Å²) >= 11 is 0. The molecule has 2 aromatic heterocycles. The molecule has 0 saturated carbocycles. The molecule has 2 heterocycles. The van der Waals surface area contributed by atoms with Gasteiger partial charge in [-0.2, -0.15) is 0 Å². The maximum Gasteiger partial charge on any atom is 0.143 e. The third-order valence-corrected chi connectivity index (χ3v) is 3.07. The second kappa shape index (κ2) is 4.14. The highest BCUT2D eigenvalue weighted by Gasteiger charge is 2.12. The highest BCUT2D eigenvalue weighted by atomic mass is 15.1. The Bertz CT molecular complexity index is 700. The Hall–Kier alpha value is -2.36. The largest absolute Gasteiger partial charge is 0.398 e. The van der Waals surface area contributed by atoms with E-state index in [2.05, 4.69) is 21.5 Å². The lowest BCUT2D eigenvalue weighted by atomic mass is 10.1. The third kappa shape index (κ3) is 1.54. The van der Waals surface area contributed by atoms with Crippen molar-refractivity contribution in [1.29, 1.82) is 0 Å². The molecule has 2 N–H and O–H groups in total. The van der Waals surface area contributed by atoms with Crippen LogP contribution in [0.15, 0.2) is 42.7 Å². The standard InChI is InChI=1S/C14H14N4/c1-2-18-13-7-8-16-9-12(13)17-14(18)10-5-3-4-6-11(10)15/h3-9H,2,15H2,1H3. The van der Waals surface area contributed by atoms with Crippen molar-refractivity contribution < 1.29 is 0 Å². The predicted molar refractivity (Wildman–Crippen MR) is 73.1 cm³/mol. The molecule has 0 bridgehead atoms. The van der Waals surface area contributed by atoms with Crippen molar-refractivity contribution in [2.24, 2.45) is 0 Å². The fraction of sp³-hybridized carbons (Fsp3) is 0.143. The average Bonchev–Trinajstić information content (AvgIpc) is 2.77. The van der Waals surface area contributed by atoms with E-state index in [1.807, 2.05) is 30.3 Å². The first-order chi connectivity index (χ1) is 8.81. The summed E-state index contributed by atoms with van der Waals surface area (Å²) in [5.74, 6) is 0.901. The van der Waals surface area contributed by atoms with Gasteiger partial charge in [-0.25, -0.2) is 4.98 Å². The lowest BCUT2D eigenvalue weighted by Crippen LogP contribution is -1.99. The summed E-state index contributed by atoms with van der Waals surface area (Å²) in [4.78, 5) is 8.75. The normalized spacial score (nSPS) is 10.9. The zero-order chi connectivity index (χ0) is 12.5. The Labute approximate surface area is 105 Å². The van der Waals surface area contributed by atoms with Crippen LogP contribution < -0.4 is 5.73 Å². The smallest absolute Gasteiger partial charge is 0.143 e. The van der Waals surface area contributed by atoms with Gasteiger partial charge in [0.15, 0.2) is 0 Å². The molecule has 0 unspecified atom stereocenters. The number of rotatable bonds is 2. The van der Waals surface area contributed by atoms with Crippen molar-refractivity contribution in [2.45, 2.75) is 13.5 Å². The van der Waals surface area contributed by atoms with Gasteiger partial charge in [-0.3, -0.25) is 4.98 Å². The lowest BCUT2D eigenvalue weighted by Gasteiger charge is -2.07. The Morgan fingerprint density at radius 2 is 2.06 bits per heavy atom. The number of imidazole rings is 1. The van der Waals surface area contributed by atoms with E-state index in [0.717, 1.165) is 34.7 Å². The molecular weight excluding hydrogens is 224 g/mol. The van der Waals surface area contributed by atoms with Crippen LogP contribution in [0.5, 0.6) is 0 Å². The number of anilines is 1. The van der Waals surface area contributed by atoms with Gasteiger partial charge in [0, 0.05) is 24.0 Å². The first-order valence-electron chi connectivity index (χ1n) is 5.96. The fourth-order valence-corrected chi connectivity index (χ4v) is 2.21. The van der Waals surface area contributed by atoms with Gasteiger partial charge in [-0.15, -0.1) is 0 Å². The number of aryl methyl sites for hydroxylation is 1. The molecule has 0 aliphatic carbocycles. The molecule has 3 rings (SSSR count). The van der Waals surface area contributed by atoms with Crippen molar-refractivity contribution in [3.63, 3.8) is 0 Å². The second-order valence-electron chi connectivity index (χ2n) is 4.13. The van der Waals surface area contributed by atoms with E-state index in [1.165, 1.54) is 0 Å². The van der Waals surface area contributed by atoms with E-state index < -0.39 is 0 Å². The maximum absolute atomic E-state index is 6.03. The summed E-state index contributed by atoms with van der Waals surface area (Å²) in [7, 11) is 0. The summed E-state index contributed by atoms with van der Waals surface area (Å²) in [5.41, 5.74) is 9.73. The van der Waals surface area contributed by atoms with Crippen molar-refractivity contribution in [3.8, 4) is 11.4 Å². The highest BCUT2D eigenvalue weighted by Crippen LogP contribution is 2.28. The van der Waals surface area contributed by atoms with Crippen molar-refractivity contribution in [3.05, 3.63) is 42.7 Å². The number of pyridine rings is 1. The number of para-hydroxylation sites is 1. The Morgan fingerprint density at radius 1 is 1.22 bits per heavy atom. The minimum absolute atomic E-state index is 0.746. The van der Waals surface area contributed by atoms with Crippen LogP contribution in [-0.4, -0.2) is 14.5 Å². The Kier molecular flexibility index (Phi) is 2.48. The van der Waals surface area contributed by atoms with E-state index in [9.17, 15) is 0 Å². The molecule has 0 saturated heterocycles. The number of nitrogen functional groups attached to an aromatic ring is 1. The summed E-state index contributed by atoms with van der Waals surface area (Å²) in [6.45, 7) is 2.95. The van der Waals surface area contributed by atoms with Gasteiger partial charge in [0.2, 0.25) is 0 Å².